The van der Waals surface area contributed by atoms with E-state index in [9.17, 15) is 0 Å². The number of hydrogen-bond donors (Lipinski definition) is 1. The van der Waals surface area contributed by atoms with Gasteiger partial charge in [-0.3, -0.25) is 0 Å². The summed E-state index contributed by atoms with van der Waals surface area (Å²) in [5, 5.41) is 8.21. The topological polar surface area (TPSA) is 56.7 Å². The van der Waals surface area contributed by atoms with Crippen LogP contribution in [0.4, 0.5) is 0 Å². The number of hydrogen-bond acceptors (Lipinski definition) is 3. The molecule has 0 amide bonds. The van der Waals surface area contributed by atoms with Crippen molar-refractivity contribution in [3.8, 4) is 0 Å². The SMILES string of the molecule is C=C(C)Cn1nnc(CN)c1/C=C/c1ccccc1. The standard InChI is InChI=1S/C15H18N4/c1-12(2)11-19-15(14(10-16)17-18-19)9-8-13-6-4-3-5-7-13/h3-9H,1,10-11,16H2,2H3/b9-8+. The predicted octanol–water partition coefficient (Wildman–Crippen LogP) is 2.48. The number of allylic oxidation sites excluding steroid dienone is 1. The molecule has 0 aliphatic carbocycles. The van der Waals surface area contributed by atoms with E-state index < -0.39 is 0 Å². The van der Waals surface area contributed by atoms with E-state index in [2.05, 4.69) is 16.9 Å². The molecule has 4 nitrogen and oxygen atoms in total. The number of nitrogens with zero attached hydrogens (tertiary/aromatic N) is 3. The highest BCUT2D eigenvalue weighted by atomic mass is 15.4. The van der Waals surface area contributed by atoms with Crippen LogP contribution in [0.2, 0.25) is 0 Å². The molecule has 2 aromatic rings. The number of nitrogens with two attached hydrogens (primary N) is 1. The molecule has 0 atom stereocenters. The summed E-state index contributed by atoms with van der Waals surface area (Å²) < 4.78 is 1.82. The highest BCUT2D eigenvalue weighted by Crippen LogP contribution is 2.12. The van der Waals surface area contributed by atoms with Gasteiger partial charge in [-0.25, -0.2) is 4.68 Å². The first-order valence-corrected chi connectivity index (χ1v) is 6.20. The van der Waals surface area contributed by atoms with Gasteiger partial charge in [-0.2, -0.15) is 0 Å². The summed E-state index contributed by atoms with van der Waals surface area (Å²) in [4.78, 5) is 0. The Kier molecular flexibility index (Phi) is 4.26. The van der Waals surface area contributed by atoms with E-state index in [0.29, 0.717) is 13.1 Å². The third-order valence-corrected chi connectivity index (χ3v) is 2.69. The fourth-order valence-corrected chi connectivity index (χ4v) is 1.80. The van der Waals surface area contributed by atoms with Gasteiger partial charge in [0.05, 0.1) is 12.2 Å². The van der Waals surface area contributed by atoms with Gasteiger partial charge in [-0.15, -0.1) is 5.10 Å². The van der Waals surface area contributed by atoms with Gasteiger partial charge in [-0.1, -0.05) is 53.8 Å². The van der Waals surface area contributed by atoms with Gasteiger partial charge in [0.15, 0.2) is 0 Å². The minimum Gasteiger partial charge on any atom is -0.325 e. The zero-order valence-electron chi connectivity index (χ0n) is 11.1. The molecule has 4 heteroatoms. The van der Waals surface area contributed by atoms with Crippen molar-refractivity contribution >= 4 is 12.2 Å². The van der Waals surface area contributed by atoms with Crippen molar-refractivity contribution in [1.29, 1.82) is 0 Å². The Hall–Kier alpha value is -2.20. The molecular formula is C15H18N4. The first-order chi connectivity index (χ1) is 9.20. The van der Waals surface area contributed by atoms with E-state index in [-0.39, 0.29) is 0 Å². The lowest BCUT2D eigenvalue weighted by Gasteiger charge is -2.03. The third kappa shape index (κ3) is 3.39. The molecule has 98 valence electrons. The largest absolute Gasteiger partial charge is 0.325 e. The highest BCUT2D eigenvalue weighted by molar-refractivity contribution is 5.68. The molecule has 2 rings (SSSR count). The number of benzene rings is 1. The van der Waals surface area contributed by atoms with Gasteiger partial charge in [0.25, 0.3) is 0 Å². The fraction of sp³-hybridized carbons (Fsp3) is 0.200. The maximum atomic E-state index is 5.69. The van der Waals surface area contributed by atoms with Crippen molar-refractivity contribution in [2.75, 3.05) is 0 Å². The third-order valence-electron chi connectivity index (χ3n) is 2.69. The second kappa shape index (κ2) is 6.11. The van der Waals surface area contributed by atoms with E-state index in [0.717, 1.165) is 22.5 Å². The Bertz CT molecular complexity index is 581. The molecule has 1 heterocycles. The van der Waals surface area contributed by atoms with Crippen LogP contribution in [0, 0.1) is 0 Å². The minimum atomic E-state index is 0.380. The van der Waals surface area contributed by atoms with E-state index in [1.807, 2.05) is 54.1 Å². The van der Waals surface area contributed by atoms with Crippen LogP contribution in [-0.2, 0) is 13.1 Å². The molecule has 19 heavy (non-hydrogen) atoms. The average Bonchev–Trinajstić information content (AvgIpc) is 2.79. The second-order valence-corrected chi connectivity index (χ2v) is 4.48. The number of rotatable bonds is 5. The second-order valence-electron chi connectivity index (χ2n) is 4.48. The molecule has 1 aromatic heterocycles. The van der Waals surface area contributed by atoms with E-state index >= 15 is 0 Å². The van der Waals surface area contributed by atoms with E-state index in [1.165, 1.54) is 0 Å². The fourth-order valence-electron chi connectivity index (χ4n) is 1.80. The first kappa shape index (κ1) is 13.2. The summed E-state index contributed by atoms with van der Waals surface area (Å²) >= 11 is 0. The van der Waals surface area contributed by atoms with Gasteiger partial charge >= 0.3 is 0 Å². The summed E-state index contributed by atoms with van der Waals surface area (Å²) in [6.45, 7) is 6.90. The zero-order valence-corrected chi connectivity index (χ0v) is 11.1. The Labute approximate surface area is 113 Å². The maximum absolute atomic E-state index is 5.69. The summed E-state index contributed by atoms with van der Waals surface area (Å²) in [5.74, 6) is 0. The Morgan fingerprint density at radius 3 is 2.68 bits per heavy atom. The van der Waals surface area contributed by atoms with Gasteiger partial charge in [0.2, 0.25) is 0 Å². The van der Waals surface area contributed by atoms with Crippen LogP contribution in [0.1, 0.15) is 23.9 Å². The van der Waals surface area contributed by atoms with Gasteiger partial charge in [-0.05, 0) is 18.6 Å². The molecule has 0 saturated heterocycles. The van der Waals surface area contributed by atoms with Crippen molar-refractivity contribution < 1.29 is 0 Å². The van der Waals surface area contributed by atoms with Crippen molar-refractivity contribution in [2.45, 2.75) is 20.0 Å². The first-order valence-electron chi connectivity index (χ1n) is 6.20. The van der Waals surface area contributed by atoms with Crippen molar-refractivity contribution in [2.24, 2.45) is 5.73 Å². The Morgan fingerprint density at radius 1 is 1.32 bits per heavy atom. The molecule has 0 unspecified atom stereocenters. The summed E-state index contributed by atoms with van der Waals surface area (Å²) in [7, 11) is 0. The van der Waals surface area contributed by atoms with E-state index in [1.54, 1.807) is 0 Å². The van der Waals surface area contributed by atoms with Gasteiger partial charge < -0.3 is 5.73 Å². The molecule has 0 saturated carbocycles. The van der Waals surface area contributed by atoms with Crippen LogP contribution in [-0.4, -0.2) is 15.0 Å². The van der Waals surface area contributed by atoms with Crippen LogP contribution < -0.4 is 5.73 Å². The van der Waals surface area contributed by atoms with Crippen molar-refractivity contribution in [3.05, 3.63) is 59.4 Å². The van der Waals surface area contributed by atoms with Crippen LogP contribution in [0.25, 0.3) is 12.2 Å². The van der Waals surface area contributed by atoms with Gasteiger partial charge in [0, 0.05) is 6.54 Å². The van der Waals surface area contributed by atoms with Crippen LogP contribution in [0.15, 0.2) is 42.5 Å². The lowest BCUT2D eigenvalue weighted by atomic mass is 10.2. The molecule has 0 aliphatic rings. The Morgan fingerprint density at radius 2 is 2.05 bits per heavy atom. The zero-order chi connectivity index (χ0) is 13.7. The summed E-state index contributed by atoms with van der Waals surface area (Å²) in [6, 6.07) is 10.1. The maximum Gasteiger partial charge on any atom is 0.104 e. The predicted molar refractivity (Wildman–Crippen MR) is 78.1 cm³/mol. The lowest BCUT2D eigenvalue weighted by molar-refractivity contribution is 0.638. The van der Waals surface area contributed by atoms with Crippen LogP contribution in [0.5, 0.6) is 0 Å². The van der Waals surface area contributed by atoms with E-state index in [4.69, 9.17) is 5.73 Å². The number of aromatic nitrogens is 3. The Balaban J connectivity index is 2.29. The molecule has 0 bridgehead atoms. The molecule has 2 N–H and O–H groups in total. The summed E-state index contributed by atoms with van der Waals surface area (Å²) in [6.07, 6.45) is 4.03. The molecular weight excluding hydrogens is 236 g/mol. The smallest absolute Gasteiger partial charge is 0.104 e. The van der Waals surface area contributed by atoms with Crippen molar-refractivity contribution in [1.82, 2.24) is 15.0 Å². The lowest BCUT2D eigenvalue weighted by Crippen LogP contribution is -2.05. The monoisotopic (exact) mass is 254 g/mol. The molecule has 0 spiro atoms. The molecule has 0 aliphatic heterocycles. The summed E-state index contributed by atoms with van der Waals surface area (Å²) in [5.41, 5.74) is 9.59. The van der Waals surface area contributed by atoms with Crippen LogP contribution >= 0.6 is 0 Å². The molecule has 0 radical (unpaired) electrons. The van der Waals surface area contributed by atoms with Gasteiger partial charge in [0.1, 0.15) is 5.69 Å². The normalized spacial score (nSPS) is 11.1. The molecule has 1 aromatic carbocycles. The average molecular weight is 254 g/mol. The quantitative estimate of drug-likeness (QED) is 0.834. The molecule has 0 fully saturated rings. The van der Waals surface area contributed by atoms with Crippen molar-refractivity contribution in [3.63, 3.8) is 0 Å². The van der Waals surface area contributed by atoms with Crippen LogP contribution in [0.3, 0.4) is 0 Å². The highest BCUT2D eigenvalue weighted by Gasteiger charge is 2.08. The minimum absolute atomic E-state index is 0.380.